The molecule has 0 heterocycles. The molecule has 0 amide bonds. The molecular weight excluding hydrogens is 180 g/mol. The minimum atomic E-state index is 0.566. The molecule has 0 N–H and O–H groups in total. The fourth-order valence-corrected chi connectivity index (χ4v) is 1.28. The Kier molecular flexibility index (Phi) is 3.78. The van der Waals surface area contributed by atoms with Gasteiger partial charge in [0, 0.05) is 5.88 Å². The van der Waals surface area contributed by atoms with Crippen LogP contribution < -0.4 is 0 Å². The maximum absolute atomic E-state index is 5.68. The standard InChI is InChI=1S/C12H13Cl/c1-3-4-10(2)12-7-5-11(9-13)6-8-12/h3-8H,2,9H2,1H3/b4-3-. The zero-order valence-corrected chi connectivity index (χ0v) is 8.51. The number of allylic oxidation sites excluding steroid dienone is 3. The number of benzene rings is 1. The molecule has 1 aromatic rings. The minimum absolute atomic E-state index is 0.566. The Morgan fingerprint density at radius 3 is 2.46 bits per heavy atom. The van der Waals surface area contributed by atoms with Crippen molar-refractivity contribution in [3.05, 3.63) is 54.1 Å². The summed E-state index contributed by atoms with van der Waals surface area (Å²) in [6.07, 6.45) is 3.98. The normalized spacial score (nSPS) is 10.6. The van der Waals surface area contributed by atoms with E-state index in [0.717, 1.165) is 16.7 Å². The van der Waals surface area contributed by atoms with E-state index in [4.69, 9.17) is 11.6 Å². The van der Waals surface area contributed by atoms with Crippen LogP contribution in [0.4, 0.5) is 0 Å². The van der Waals surface area contributed by atoms with Crippen molar-refractivity contribution in [2.24, 2.45) is 0 Å². The highest BCUT2D eigenvalue weighted by Gasteiger charge is 1.94. The van der Waals surface area contributed by atoms with E-state index in [1.165, 1.54) is 0 Å². The Morgan fingerprint density at radius 2 is 2.00 bits per heavy atom. The van der Waals surface area contributed by atoms with Crippen LogP contribution in [0.5, 0.6) is 0 Å². The predicted octanol–water partition coefficient (Wildman–Crippen LogP) is 4.01. The summed E-state index contributed by atoms with van der Waals surface area (Å²) in [5.41, 5.74) is 3.31. The molecule has 0 saturated heterocycles. The van der Waals surface area contributed by atoms with Gasteiger partial charge in [-0.15, -0.1) is 11.6 Å². The van der Waals surface area contributed by atoms with E-state index < -0.39 is 0 Å². The smallest absolute Gasteiger partial charge is 0.0474 e. The summed E-state index contributed by atoms with van der Waals surface area (Å²) in [7, 11) is 0. The highest BCUT2D eigenvalue weighted by atomic mass is 35.5. The van der Waals surface area contributed by atoms with Gasteiger partial charge in [-0.2, -0.15) is 0 Å². The summed E-state index contributed by atoms with van der Waals surface area (Å²) in [4.78, 5) is 0. The molecule has 68 valence electrons. The summed E-state index contributed by atoms with van der Waals surface area (Å²) in [5, 5.41) is 0. The zero-order chi connectivity index (χ0) is 9.68. The Labute approximate surface area is 84.5 Å². The third-order valence-corrected chi connectivity index (χ3v) is 2.16. The molecule has 0 saturated carbocycles. The van der Waals surface area contributed by atoms with Crippen LogP contribution in [0.2, 0.25) is 0 Å². The van der Waals surface area contributed by atoms with Gasteiger partial charge >= 0.3 is 0 Å². The Hall–Kier alpha value is -1.01. The summed E-state index contributed by atoms with van der Waals surface area (Å²) < 4.78 is 0. The van der Waals surface area contributed by atoms with E-state index in [1.807, 2.05) is 43.3 Å². The molecule has 0 unspecified atom stereocenters. The molecule has 0 aromatic heterocycles. The summed E-state index contributed by atoms with van der Waals surface area (Å²) in [5.74, 6) is 0.566. The van der Waals surface area contributed by atoms with Gasteiger partial charge in [0.1, 0.15) is 0 Å². The zero-order valence-electron chi connectivity index (χ0n) is 7.76. The van der Waals surface area contributed by atoms with Gasteiger partial charge in [-0.1, -0.05) is 43.0 Å². The lowest BCUT2D eigenvalue weighted by Crippen LogP contribution is -1.81. The topological polar surface area (TPSA) is 0 Å². The third kappa shape index (κ3) is 2.74. The number of halogens is 1. The first kappa shape index (κ1) is 10.1. The first-order valence-corrected chi connectivity index (χ1v) is 4.78. The monoisotopic (exact) mass is 192 g/mol. The first-order chi connectivity index (χ1) is 6.27. The van der Waals surface area contributed by atoms with Gasteiger partial charge in [0.15, 0.2) is 0 Å². The van der Waals surface area contributed by atoms with Crippen molar-refractivity contribution in [3.8, 4) is 0 Å². The van der Waals surface area contributed by atoms with E-state index >= 15 is 0 Å². The molecule has 0 aliphatic heterocycles. The molecular formula is C12H13Cl. The molecule has 0 atom stereocenters. The third-order valence-electron chi connectivity index (χ3n) is 1.85. The highest BCUT2D eigenvalue weighted by molar-refractivity contribution is 6.17. The van der Waals surface area contributed by atoms with Crippen LogP contribution in [0.25, 0.3) is 5.57 Å². The molecule has 0 spiro atoms. The van der Waals surface area contributed by atoms with E-state index in [2.05, 4.69) is 6.58 Å². The van der Waals surface area contributed by atoms with Crippen LogP contribution in [-0.4, -0.2) is 0 Å². The van der Waals surface area contributed by atoms with Gasteiger partial charge < -0.3 is 0 Å². The summed E-state index contributed by atoms with van der Waals surface area (Å²) in [6.45, 7) is 5.93. The average molecular weight is 193 g/mol. The predicted molar refractivity (Wildman–Crippen MR) is 59.8 cm³/mol. The fourth-order valence-electron chi connectivity index (χ4n) is 1.11. The van der Waals surface area contributed by atoms with Crippen molar-refractivity contribution in [1.29, 1.82) is 0 Å². The van der Waals surface area contributed by atoms with Crippen molar-refractivity contribution in [3.63, 3.8) is 0 Å². The lowest BCUT2D eigenvalue weighted by molar-refractivity contribution is 1.39. The molecule has 0 fully saturated rings. The van der Waals surface area contributed by atoms with E-state index in [1.54, 1.807) is 0 Å². The first-order valence-electron chi connectivity index (χ1n) is 4.25. The Morgan fingerprint density at radius 1 is 1.38 bits per heavy atom. The van der Waals surface area contributed by atoms with Gasteiger partial charge in [-0.25, -0.2) is 0 Å². The van der Waals surface area contributed by atoms with Crippen molar-refractivity contribution < 1.29 is 0 Å². The maximum Gasteiger partial charge on any atom is 0.0474 e. The van der Waals surface area contributed by atoms with Gasteiger partial charge in [0.2, 0.25) is 0 Å². The lowest BCUT2D eigenvalue weighted by atomic mass is 10.1. The fraction of sp³-hybridized carbons (Fsp3) is 0.167. The SMILES string of the molecule is C=C(/C=C\C)c1ccc(CCl)cc1. The van der Waals surface area contributed by atoms with Crippen molar-refractivity contribution in [1.82, 2.24) is 0 Å². The van der Waals surface area contributed by atoms with E-state index in [9.17, 15) is 0 Å². The average Bonchev–Trinajstić information content (AvgIpc) is 2.18. The molecule has 1 rings (SSSR count). The lowest BCUT2D eigenvalue weighted by Gasteiger charge is -2.01. The van der Waals surface area contributed by atoms with E-state index in [-0.39, 0.29) is 0 Å². The molecule has 1 aromatic carbocycles. The van der Waals surface area contributed by atoms with Crippen molar-refractivity contribution >= 4 is 17.2 Å². The second-order valence-corrected chi connectivity index (χ2v) is 3.12. The number of alkyl halides is 1. The van der Waals surface area contributed by atoms with Gasteiger partial charge in [0.05, 0.1) is 0 Å². The second-order valence-electron chi connectivity index (χ2n) is 2.86. The van der Waals surface area contributed by atoms with Crippen molar-refractivity contribution in [2.75, 3.05) is 0 Å². The maximum atomic E-state index is 5.68. The van der Waals surface area contributed by atoms with Crippen molar-refractivity contribution in [2.45, 2.75) is 12.8 Å². The van der Waals surface area contributed by atoms with Crippen LogP contribution in [0.15, 0.2) is 43.0 Å². The van der Waals surface area contributed by atoms with Crippen LogP contribution >= 0.6 is 11.6 Å². The van der Waals surface area contributed by atoms with Crippen LogP contribution in [-0.2, 0) is 5.88 Å². The largest absolute Gasteiger partial charge is 0.122 e. The molecule has 13 heavy (non-hydrogen) atoms. The quantitative estimate of drug-likeness (QED) is 0.502. The van der Waals surface area contributed by atoms with Gasteiger partial charge in [0.25, 0.3) is 0 Å². The molecule has 0 aliphatic rings. The highest BCUT2D eigenvalue weighted by Crippen LogP contribution is 2.15. The number of hydrogen-bond donors (Lipinski definition) is 0. The molecule has 0 aliphatic carbocycles. The van der Waals surface area contributed by atoms with Crippen LogP contribution in [0.1, 0.15) is 18.1 Å². The summed E-state index contributed by atoms with van der Waals surface area (Å²) >= 11 is 5.68. The second kappa shape index (κ2) is 4.88. The molecule has 0 nitrogen and oxygen atoms in total. The Balaban J connectivity index is 2.85. The van der Waals surface area contributed by atoms with Crippen LogP contribution in [0, 0.1) is 0 Å². The van der Waals surface area contributed by atoms with E-state index in [0.29, 0.717) is 5.88 Å². The number of hydrogen-bond acceptors (Lipinski definition) is 0. The Bertz CT molecular complexity index is 306. The van der Waals surface area contributed by atoms with Gasteiger partial charge in [-0.3, -0.25) is 0 Å². The van der Waals surface area contributed by atoms with Gasteiger partial charge in [-0.05, 0) is 23.6 Å². The minimum Gasteiger partial charge on any atom is -0.122 e. The summed E-state index contributed by atoms with van der Waals surface area (Å²) in [6, 6.07) is 8.13. The molecule has 0 radical (unpaired) electrons. The molecule has 1 heteroatoms. The molecule has 0 bridgehead atoms. The van der Waals surface area contributed by atoms with Crippen LogP contribution in [0.3, 0.4) is 0 Å². The number of rotatable bonds is 3.